The zero-order valence-electron chi connectivity index (χ0n) is 10.3. The van der Waals surface area contributed by atoms with Gasteiger partial charge in [-0.15, -0.1) is 0 Å². The summed E-state index contributed by atoms with van der Waals surface area (Å²) < 4.78 is 52.7. The largest absolute Gasteiger partial charge is 0.207 e. The highest BCUT2D eigenvalue weighted by Gasteiger charge is 2.14. The lowest BCUT2D eigenvalue weighted by atomic mass is 9.93. The van der Waals surface area contributed by atoms with Gasteiger partial charge >= 0.3 is 0 Å². The van der Waals surface area contributed by atoms with Gasteiger partial charge in [-0.2, -0.15) is 0 Å². The molecule has 0 spiro atoms. The summed E-state index contributed by atoms with van der Waals surface area (Å²) in [5.41, 5.74) is 0.614. The summed E-state index contributed by atoms with van der Waals surface area (Å²) in [6.07, 6.45) is 0.217. The number of rotatable bonds is 3. The van der Waals surface area contributed by atoms with E-state index in [4.69, 9.17) is 0 Å². The van der Waals surface area contributed by atoms with E-state index < -0.39 is 23.3 Å². The molecule has 0 unspecified atom stereocenters. The lowest BCUT2D eigenvalue weighted by Gasteiger charge is -2.13. The van der Waals surface area contributed by atoms with E-state index in [1.807, 2.05) is 0 Å². The lowest BCUT2D eigenvalue weighted by molar-refractivity contribution is 0.545. The van der Waals surface area contributed by atoms with Gasteiger partial charge in [-0.1, -0.05) is 19.1 Å². The summed E-state index contributed by atoms with van der Waals surface area (Å²) in [5.74, 6) is -2.95. The maximum Gasteiger partial charge on any atom is 0.129 e. The fourth-order valence-corrected chi connectivity index (χ4v) is 2.03. The molecule has 0 bridgehead atoms. The van der Waals surface area contributed by atoms with Crippen LogP contribution < -0.4 is 0 Å². The highest BCUT2D eigenvalue weighted by molar-refractivity contribution is 5.26. The minimum atomic E-state index is -0.658. The van der Waals surface area contributed by atoms with E-state index in [0.29, 0.717) is 11.1 Å². The number of hydrogen-bond donors (Lipinski definition) is 0. The summed E-state index contributed by atoms with van der Waals surface area (Å²) in [5, 5.41) is 0. The van der Waals surface area contributed by atoms with Crippen LogP contribution in [0.15, 0.2) is 36.4 Å². The molecule has 2 aromatic carbocycles. The molecule has 0 aromatic heterocycles. The molecule has 19 heavy (non-hydrogen) atoms. The van der Waals surface area contributed by atoms with E-state index in [2.05, 4.69) is 0 Å². The van der Waals surface area contributed by atoms with Gasteiger partial charge in [0.05, 0.1) is 0 Å². The molecule has 0 heterocycles. The molecule has 0 fully saturated rings. The Labute approximate surface area is 108 Å². The molecule has 0 nitrogen and oxygen atoms in total. The van der Waals surface area contributed by atoms with Crippen LogP contribution in [0.4, 0.5) is 17.6 Å². The predicted octanol–water partition coefficient (Wildman–Crippen LogP) is 4.59. The minimum absolute atomic E-state index is 0.217. The summed E-state index contributed by atoms with van der Waals surface area (Å²) in [7, 11) is 0. The number of halogens is 4. The Hall–Kier alpha value is -1.84. The zero-order chi connectivity index (χ0) is 14.0. The molecule has 4 heteroatoms. The molecule has 100 valence electrons. The first-order valence-corrected chi connectivity index (χ1v) is 5.86. The van der Waals surface area contributed by atoms with Crippen LogP contribution in [0.2, 0.25) is 0 Å². The third-order valence-corrected chi connectivity index (χ3v) is 3.03. The van der Waals surface area contributed by atoms with Crippen molar-refractivity contribution in [2.24, 2.45) is 0 Å². The second-order valence-electron chi connectivity index (χ2n) is 4.51. The normalized spacial score (nSPS) is 12.5. The monoisotopic (exact) mass is 268 g/mol. The molecule has 0 aliphatic carbocycles. The Bertz CT molecular complexity index is 593. The second-order valence-corrected chi connectivity index (χ2v) is 4.51. The smallest absolute Gasteiger partial charge is 0.129 e. The molecule has 0 aliphatic rings. The van der Waals surface area contributed by atoms with Crippen molar-refractivity contribution in [3.8, 4) is 0 Å². The first kappa shape index (κ1) is 13.6. The van der Waals surface area contributed by atoms with Crippen molar-refractivity contribution in [2.75, 3.05) is 0 Å². The van der Waals surface area contributed by atoms with Crippen LogP contribution in [-0.2, 0) is 6.42 Å². The van der Waals surface area contributed by atoms with E-state index in [-0.39, 0.29) is 12.3 Å². The van der Waals surface area contributed by atoms with Crippen molar-refractivity contribution in [1.82, 2.24) is 0 Å². The third kappa shape index (κ3) is 3.13. The van der Waals surface area contributed by atoms with E-state index >= 15 is 0 Å². The maximum atomic E-state index is 13.6. The molecular formula is C15H12F4. The van der Waals surface area contributed by atoms with Gasteiger partial charge in [-0.25, -0.2) is 17.6 Å². The average Bonchev–Trinajstić information content (AvgIpc) is 2.32. The van der Waals surface area contributed by atoms with Gasteiger partial charge in [0, 0.05) is 12.1 Å². The Morgan fingerprint density at radius 2 is 1.42 bits per heavy atom. The molecule has 1 atom stereocenters. The van der Waals surface area contributed by atoms with E-state index in [1.165, 1.54) is 12.1 Å². The van der Waals surface area contributed by atoms with Crippen molar-refractivity contribution < 1.29 is 17.6 Å². The fraction of sp³-hybridized carbons (Fsp3) is 0.200. The van der Waals surface area contributed by atoms with Crippen molar-refractivity contribution in [1.29, 1.82) is 0 Å². The highest BCUT2D eigenvalue weighted by Crippen LogP contribution is 2.25. The average molecular weight is 268 g/mol. The molecule has 0 aliphatic heterocycles. The standard InChI is InChI=1S/C15H12F4/c1-9(13-5-4-12(17)8-15(13)19)6-10-2-3-11(16)7-14(10)18/h2-5,7-9H,6H2,1H3/t9-/m0/s1. The molecular weight excluding hydrogens is 256 g/mol. The van der Waals surface area contributed by atoms with Crippen LogP contribution in [0.1, 0.15) is 24.0 Å². The van der Waals surface area contributed by atoms with Crippen LogP contribution in [0.5, 0.6) is 0 Å². The molecule has 0 saturated carbocycles. The zero-order valence-corrected chi connectivity index (χ0v) is 10.3. The van der Waals surface area contributed by atoms with Crippen LogP contribution in [0, 0.1) is 23.3 Å². The molecule has 2 aromatic rings. The molecule has 0 radical (unpaired) electrons. The Balaban J connectivity index is 2.23. The minimum Gasteiger partial charge on any atom is -0.207 e. The molecule has 0 N–H and O–H groups in total. The second kappa shape index (κ2) is 5.43. The predicted molar refractivity (Wildman–Crippen MR) is 64.8 cm³/mol. The van der Waals surface area contributed by atoms with Crippen molar-refractivity contribution >= 4 is 0 Å². The SMILES string of the molecule is C[C@@H](Cc1ccc(F)cc1F)c1ccc(F)cc1F. The van der Waals surface area contributed by atoms with E-state index in [1.54, 1.807) is 6.92 Å². The number of hydrogen-bond acceptors (Lipinski definition) is 0. The fourth-order valence-electron chi connectivity index (χ4n) is 2.03. The van der Waals surface area contributed by atoms with Crippen LogP contribution in [0.3, 0.4) is 0 Å². The number of benzene rings is 2. The topological polar surface area (TPSA) is 0 Å². The third-order valence-electron chi connectivity index (χ3n) is 3.03. The Morgan fingerprint density at radius 3 is 2.00 bits per heavy atom. The maximum absolute atomic E-state index is 13.6. The van der Waals surface area contributed by atoms with E-state index in [9.17, 15) is 17.6 Å². The van der Waals surface area contributed by atoms with Crippen molar-refractivity contribution in [2.45, 2.75) is 19.3 Å². The van der Waals surface area contributed by atoms with Gasteiger partial charge in [-0.05, 0) is 35.6 Å². The van der Waals surface area contributed by atoms with Crippen LogP contribution in [-0.4, -0.2) is 0 Å². The molecule has 0 saturated heterocycles. The van der Waals surface area contributed by atoms with Crippen LogP contribution >= 0.6 is 0 Å². The van der Waals surface area contributed by atoms with Crippen molar-refractivity contribution in [3.63, 3.8) is 0 Å². The highest BCUT2D eigenvalue weighted by atomic mass is 19.1. The lowest BCUT2D eigenvalue weighted by Crippen LogP contribution is -2.03. The first-order valence-electron chi connectivity index (χ1n) is 5.86. The Kier molecular flexibility index (Phi) is 3.88. The van der Waals surface area contributed by atoms with Gasteiger partial charge in [0.25, 0.3) is 0 Å². The van der Waals surface area contributed by atoms with E-state index in [0.717, 1.165) is 24.3 Å². The first-order chi connectivity index (χ1) is 8.97. The van der Waals surface area contributed by atoms with Gasteiger partial charge in [-0.3, -0.25) is 0 Å². The van der Waals surface area contributed by atoms with Crippen molar-refractivity contribution in [3.05, 3.63) is 70.8 Å². The van der Waals surface area contributed by atoms with Gasteiger partial charge in [0.2, 0.25) is 0 Å². The summed E-state index contributed by atoms with van der Waals surface area (Å²) >= 11 is 0. The van der Waals surface area contributed by atoms with Gasteiger partial charge < -0.3 is 0 Å². The van der Waals surface area contributed by atoms with Gasteiger partial charge in [0.15, 0.2) is 0 Å². The molecule has 2 rings (SSSR count). The van der Waals surface area contributed by atoms with Gasteiger partial charge in [0.1, 0.15) is 23.3 Å². The summed E-state index contributed by atoms with van der Waals surface area (Å²) in [6.45, 7) is 1.71. The quantitative estimate of drug-likeness (QED) is 0.714. The summed E-state index contributed by atoms with van der Waals surface area (Å²) in [6, 6.07) is 6.59. The molecule has 0 amide bonds. The Morgan fingerprint density at radius 1 is 0.842 bits per heavy atom. The summed E-state index contributed by atoms with van der Waals surface area (Å²) in [4.78, 5) is 0. The van der Waals surface area contributed by atoms with Crippen LogP contribution in [0.25, 0.3) is 0 Å².